The zero-order chi connectivity index (χ0) is 11.4. The maximum Gasteiger partial charge on any atom is 0.138 e. The lowest BCUT2D eigenvalue weighted by molar-refractivity contribution is -0.128. The highest BCUT2D eigenvalue weighted by molar-refractivity contribution is 5.79. The van der Waals surface area contributed by atoms with E-state index in [1.807, 2.05) is 31.2 Å². The summed E-state index contributed by atoms with van der Waals surface area (Å²) in [4.78, 5) is 11.3. The summed E-state index contributed by atoms with van der Waals surface area (Å²) in [7, 11) is 0. The second-order valence-electron chi connectivity index (χ2n) is 3.85. The largest absolute Gasteiger partial charge is 0.494 e. The van der Waals surface area contributed by atoms with Crippen LogP contribution in [0, 0.1) is 0 Å². The zero-order valence-electron chi connectivity index (χ0n) is 9.44. The van der Waals surface area contributed by atoms with E-state index in [2.05, 4.69) is 0 Å². The van der Waals surface area contributed by atoms with E-state index in [0.717, 1.165) is 11.3 Å². The van der Waals surface area contributed by atoms with Crippen LogP contribution in [0.1, 0.15) is 31.4 Å². The molecule has 1 aromatic carbocycles. The van der Waals surface area contributed by atoms with Gasteiger partial charge >= 0.3 is 0 Å². The molecular weight excluding hydrogens is 204 g/mol. The smallest absolute Gasteiger partial charge is 0.138 e. The molecule has 1 unspecified atom stereocenters. The Balaban J connectivity index is 2.05. The van der Waals surface area contributed by atoms with Crippen LogP contribution < -0.4 is 4.74 Å². The third-order valence-electron chi connectivity index (χ3n) is 2.68. The van der Waals surface area contributed by atoms with Crippen LogP contribution in [-0.2, 0) is 9.53 Å². The summed E-state index contributed by atoms with van der Waals surface area (Å²) in [6.07, 6.45) is 0.971. The van der Waals surface area contributed by atoms with Gasteiger partial charge in [-0.05, 0) is 24.6 Å². The molecule has 86 valence electrons. The number of carbonyl (C=O) groups is 1. The Morgan fingerprint density at radius 2 is 2.12 bits per heavy atom. The third kappa shape index (κ3) is 2.61. The van der Waals surface area contributed by atoms with Crippen LogP contribution in [0.15, 0.2) is 24.3 Å². The highest BCUT2D eigenvalue weighted by atomic mass is 16.5. The first-order valence-electron chi connectivity index (χ1n) is 5.65. The second-order valence-corrected chi connectivity index (χ2v) is 3.85. The van der Waals surface area contributed by atoms with Crippen LogP contribution in [0.3, 0.4) is 0 Å². The van der Waals surface area contributed by atoms with Gasteiger partial charge in [0.15, 0.2) is 0 Å². The van der Waals surface area contributed by atoms with Gasteiger partial charge in [0.1, 0.15) is 11.5 Å². The van der Waals surface area contributed by atoms with E-state index >= 15 is 0 Å². The summed E-state index contributed by atoms with van der Waals surface area (Å²) < 4.78 is 10.9. The number of Topliss-reactive ketones (excluding diaryl/α,β-unsaturated/α-hetero) is 1. The van der Waals surface area contributed by atoms with Crippen LogP contribution >= 0.6 is 0 Å². The average Bonchev–Trinajstić information content (AvgIpc) is 2.30. The van der Waals surface area contributed by atoms with Crippen molar-refractivity contribution >= 4 is 5.78 Å². The van der Waals surface area contributed by atoms with Crippen molar-refractivity contribution in [3.63, 3.8) is 0 Å². The van der Waals surface area contributed by atoms with Gasteiger partial charge in [-0.25, -0.2) is 0 Å². The molecule has 0 radical (unpaired) electrons. The minimum atomic E-state index is -0.0723. The molecule has 0 amide bonds. The van der Waals surface area contributed by atoms with E-state index in [0.29, 0.717) is 26.1 Å². The molecule has 1 aliphatic rings. The fraction of sp³-hybridized carbons (Fsp3) is 0.462. The lowest BCUT2D eigenvalue weighted by Gasteiger charge is -2.22. The molecule has 0 saturated carbocycles. The minimum Gasteiger partial charge on any atom is -0.494 e. The van der Waals surface area contributed by atoms with Crippen molar-refractivity contribution in [1.82, 2.24) is 0 Å². The topological polar surface area (TPSA) is 35.5 Å². The molecule has 1 saturated heterocycles. The molecule has 1 heterocycles. The maximum absolute atomic E-state index is 11.3. The van der Waals surface area contributed by atoms with E-state index in [9.17, 15) is 4.79 Å². The molecule has 0 N–H and O–H groups in total. The van der Waals surface area contributed by atoms with E-state index in [4.69, 9.17) is 9.47 Å². The number of hydrogen-bond acceptors (Lipinski definition) is 3. The summed E-state index contributed by atoms with van der Waals surface area (Å²) in [5, 5.41) is 0. The van der Waals surface area contributed by atoms with E-state index in [1.165, 1.54) is 0 Å². The van der Waals surface area contributed by atoms with Crippen molar-refractivity contribution < 1.29 is 14.3 Å². The molecule has 2 rings (SSSR count). The summed E-state index contributed by atoms with van der Waals surface area (Å²) in [6.45, 7) is 3.16. The highest BCUT2D eigenvalue weighted by Crippen LogP contribution is 2.27. The van der Waals surface area contributed by atoms with Crippen LogP contribution in [0.5, 0.6) is 5.75 Å². The van der Waals surface area contributed by atoms with E-state index in [-0.39, 0.29) is 11.9 Å². The van der Waals surface area contributed by atoms with Gasteiger partial charge in [-0.1, -0.05) is 12.1 Å². The molecule has 1 atom stereocenters. The summed E-state index contributed by atoms with van der Waals surface area (Å²) in [6, 6.07) is 7.77. The molecule has 0 spiro atoms. The lowest BCUT2D eigenvalue weighted by Crippen LogP contribution is -2.19. The predicted molar refractivity (Wildman–Crippen MR) is 60.5 cm³/mol. The Hall–Kier alpha value is -1.35. The maximum atomic E-state index is 11.3. The standard InChI is InChI=1S/C13H16O3/c1-2-15-12-5-3-10(4-6-12)13-9-11(14)7-8-16-13/h3-6,13H,2,7-9H2,1H3. The number of ketones is 1. The number of ether oxygens (including phenoxy) is 2. The van der Waals surface area contributed by atoms with Gasteiger partial charge in [-0.2, -0.15) is 0 Å². The first-order chi connectivity index (χ1) is 7.79. The quantitative estimate of drug-likeness (QED) is 0.785. The Kier molecular flexibility index (Phi) is 3.57. The van der Waals surface area contributed by atoms with Gasteiger partial charge in [-0.3, -0.25) is 4.79 Å². The molecule has 0 aliphatic carbocycles. The molecule has 16 heavy (non-hydrogen) atoms. The number of carbonyl (C=O) groups excluding carboxylic acids is 1. The second kappa shape index (κ2) is 5.12. The lowest BCUT2D eigenvalue weighted by atomic mass is 10.0. The number of benzene rings is 1. The van der Waals surface area contributed by atoms with Crippen molar-refractivity contribution in [3.8, 4) is 5.75 Å². The van der Waals surface area contributed by atoms with Gasteiger partial charge in [0.2, 0.25) is 0 Å². The van der Waals surface area contributed by atoms with E-state index < -0.39 is 0 Å². The van der Waals surface area contributed by atoms with Gasteiger partial charge in [-0.15, -0.1) is 0 Å². The minimum absolute atomic E-state index is 0.0723. The molecular formula is C13H16O3. The first-order valence-corrected chi connectivity index (χ1v) is 5.65. The normalized spacial score (nSPS) is 20.8. The Morgan fingerprint density at radius 3 is 2.75 bits per heavy atom. The number of rotatable bonds is 3. The van der Waals surface area contributed by atoms with Gasteiger partial charge < -0.3 is 9.47 Å². The van der Waals surface area contributed by atoms with Crippen molar-refractivity contribution in [2.45, 2.75) is 25.9 Å². The van der Waals surface area contributed by atoms with Crippen LogP contribution in [0.4, 0.5) is 0 Å². The zero-order valence-corrected chi connectivity index (χ0v) is 9.44. The molecule has 1 aliphatic heterocycles. The average molecular weight is 220 g/mol. The Bertz CT molecular complexity index is 356. The Labute approximate surface area is 95.4 Å². The van der Waals surface area contributed by atoms with Crippen molar-refractivity contribution in [2.24, 2.45) is 0 Å². The fourth-order valence-electron chi connectivity index (χ4n) is 1.84. The molecule has 0 aromatic heterocycles. The van der Waals surface area contributed by atoms with Crippen LogP contribution in [-0.4, -0.2) is 19.0 Å². The predicted octanol–water partition coefficient (Wildman–Crippen LogP) is 2.51. The van der Waals surface area contributed by atoms with E-state index in [1.54, 1.807) is 0 Å². The SMILES string of the molecule is CCOc1ccc(C2CC(=O)CCO2)cc1. The van der Waals surface area contributed by atoms with Gasteiger partial charge in [0.05, 0.1) is 19.3 Å². The van der Waals surface area contributed by atoms with Crippen molar-refractivity contribution in [2.75, 3.05) is 13.2 Å². The summed E-state index contributed by atoms with van der Waals surface area (Å²) in [5.41, 5.74) is 1.05. The van der Waals surface area contributed by atoms with Gasteiger partial charge in [0.25, 0.3) is 0 Å². The molecule has 0 bridgehead atoms. The van der Waals surface area contributed by atoms with Crippen molar-refractivity contribution in [1.29, 1.82) is 0 Å². The monoisotopic (exact) mass is 220 g/mol. The molecule has 3 nitrogen and oxygen atoms in total. The summed E-state index contributed by atoms with van der Waals surface area (Å²) in [5.74, 6) is 1.14. The first kappa shape index (κ1) is 11.1. The molecule has 1 fully saturated rings. The van der Waals surface area contributed by atoms with Gasteiger partial charge in [0, 0.05) is 12.8 Å². The summed E-state index contributed by atoms with van der Waals surface area (Å²) >= 11 is 0. The highest BCUT2D eigenvalue weighted by Gasteiger charge is 2.21. The van der Waals surface area contributed by atoms with Crippen LogP contribution in [0.25, 0.3) is 0 Å². The molecule has 3 heteroatoms. The van der Waals surface area contributed by atoms with Crippen molar-refractivity contribution in [3.05, 3.63) is 29.8 Å². The number of hydrogen-bond donors (Lipinski definition) is 0. The third-order valence-corrected chi connectivity index (χ3v) is 2.68. The fourth-order valence-corrected chi connectivity index (χ4v) is 1.84. The van der Waals surface area contributed by atoms with Crippen LogP contribution in [0.2, 0.25) is 0 Å². The molecule has 1 aromatic rings. The Morgan fingerprint density at radius 1 is 1.38 bits per heavy atom.